The van der Waals surface area contributed by atoms with Crippen molar-refractivity contribution >= 4 is 31.9 Å². The molecule has 0 atom stereocenters. The van der Waals surface area contributed by atoms with Crippen molar-refractivity contribution in [3.8, 4) is 0 Å². The van der Waals surface area contributed by atoms with Gasteiger partial charge in [-0.1, -0.05) is 52.3 Å². The Balaban J connectivity index is 2.88. The van der Waals surface area contributed by atoms with Crippen molar-refractivity contribution in [3.05, 3.63) is 12.2 Å². The fourth-order valence-electron chi connectivity index (χ4n) is 0.649. The van der Waals surface area contributed by atoms with Gasteiger partial charge < -0.3 is 0 Å². The van der Waals surface area contributed by atoms with E-state index in [0.29, 0.717) is 0 Å². The minimum absolute atomic E-state index is 0.0347. The molecule has 1 fully saturated rings. The summed E-state index contributed by atoms with van der Waals surface area (Å²) in [4.78, 5) is 0. The zero-order chi connectivity index (χ0) is 6.58. The van der Waals surface area contributed by atoms with E-state index in [1.54, 1.807) is 0 Å². The average molecular weight is 240 g/mol. The lowest BCUT2D eigenvalue weighted by molar-refractivity contribution is 0.685. The summed E-state index contributed by atoms with van der Waals surface area (Å²) >= 11 is 6.98. The predicted molar refractivity (Wildman–Crippen MR) is 43.5 cm³/mol. The van der Waals surface area contributed by atoms with Gasteiger partial charge in [-0.2, -0.15) is 0 Å². The van der Waals surface area contributed by atoms with Gasteiger partial charge in [-0.05, 0) is 5.57 Å². The molecule has 0 amide bonds. The molecule has 2 heteroatoms. The first kappa shape index (κ1) is 6.81. The molecule has 1 aliphatic rings. The fraction of sp³-hybridized carbons (Fsp3) is 0.667. The second-order valence-electron chi connectivity index (χ2n) is 2.68. The first-order valence-electron chi connectivity index (χ1n) is 2.48. The van der Waals surface area contributed by atoms with Crippen molar-refractivity contribution in [3.63, 3.8) is 0 Å². The Morgan fingerprint density at radius 1 is 1.38 bits per heavy atom. The SMILES string of the molecule is C=C1C(C)(C)C1(Br)Br. The molecule has 0 bridgehead atoms. The van der Waals surface area contributed by atoms with Crippen LogP contribution in [0.5, 0.6) is 0 Å². The zero-order valence-corrected chi connectivity index (χ0v) is 8.14. The Labute approximate surface area is 66.6 Å². The summed E-state index contributed by atoms with van der Waals surface area (Å²) in [6.07, 6.45) is 0. The lowest BCUT2D eigenvalue weighted by Gasteiger charge is -1.98. The first-order chi connectivity index (χ1) is 3.40. The molecule has 1 saturated carbocycles. The van der Waals surface area contributed by atoms with Crippen LogP contribution in [0.2, 0.25) is 0 Å². The van der Waals surface area contributed by atoms with Crippen molar-refractivity contribution in [1.29, 1.82) is 0 Å². The summed E-state index contributed by atoms with van der Waals surface area (Å²) in [6, 6.07) is 0. The van der Waals surface area contributed by atoms with Gasteiger partial charge in [0, 0.05) is 5.41 Å². The van der Waals surface area contributed by atoms with Gasteiger partial charge >= 0.3 is 0 Å². The maximum Gasteiger partial charge on any atom is 0.110 e. The highest BCUT2D eigenvalue weighted by Gasteiger charge is 2.62. The minimum atomic E-state index is 0.0347. The van der Waals surface area contributed by atoms with Crippen LogP contribution in [0.1, 0.15) is 13.8 Å². The molecule has 1 aliphatic carbocycles. The second-order valence-corrected chi connectivity index (χ2v) is 6.12. The summed E-state index contributed by atoms with van der Waals surface area (Å²) in [5.41, 5.74) is 1.47. The highest BCUT2D eigenvalue weighted by molar-refractivity contribution is 9.25. The molecule has 0 aliphatic heterocycles. The molecule has 0 nitrogen and oxygen atoms in total. The first-order valence-corrected chi connectivity index (χ1v) is 4.07. The molecule has 0 radical (unpaired) electrons. The van der Waals surface area contributed by atoms with Gasteiger partial charge in [-0.25, -0.2) is 0 Å². The van der Waals surface area contributed by atoms with E-state index in [9.17, 15) is 0 Å². The summed E-state index contributed by atoms with van der Waals surface area (Å²) in [5.74, 6) is 0. The van der Waals surface area contributed by atoms with Crippen LogP contribution in [0, 0.1) is 5.41 Å². The van der Waals surface area contributed by atoms with Gasteiger partial charge in [0.1, 0.15) is 3.23 Å². The van der Waals surface area contributed by atoms with Crippen LogP contribution in [0.15, 0.2) is 12.2 Å². The monoisotopic (exact) mass is 238 g/mol. The van der Waals surface area contributed by atoms with Crippen molar-refractivity contribution < 1.29 is 0 Å². The van der Waals surface area contributed by atoms with E-state index in [0.717, 1.165) is 0 Å². The quantitative estimate of drug-likeness (QED) is 0.450. The van der Waals surface area contributed by atoms with Crippen LogP contribution in [0.3, 0.4) is 0 Å². The molecule has 1 rings (SSSR count). The third-order valence-corrected chi connectivity index (χ3v) is 4.80. The Morgan fingerprint density at radius 3 is 1.50 bits per heavy atom. The Morgan fingerprint density at radius 2 is 1.50 bits per heavy atom. The fourth-order valence-corrected chi connectivity index (χ4v) is 1.92. The number of hydrogen-bond donors (Lipinski definition) is 0. The van der Waals surface area contributed by atoms with Crippen LogP contribution in [-0.4, -0.2) is 3.23 Å². The standard InChI is InChI=1S/C6H8Br2/c1-4-5(2,3)6(4,7)8/h1H2,2-3H3. The number of hydrogen-bond acceptors (Lipinski definition) is 0. The molecule has 0 aromatic heterocycles. The van der Waals surface area contributed by atoms with Crippen LogP contribution in [0.4, 0.5) is 0 Å². The Bertz CT molecular complexity index is 129. The molecule has 0 unspecified atom stereocenters. The van der Waals surface area contributed by atoms with Gasteiger partial charge in [0.2, 0.25) is 0 Å². The molecule has 0 aromatic rings. The van der Waals surface area contributed by atoms with Crippen molar-refractivity contribution in [2.75, 3.05) is 0 Å². The maximum absolute atomic E-state index is 3.88. The normalized spacial score (nSPS) is 30.2. The summed E-state index contributed by atoms with van der Waals surface area (Å²) in [7, 11) is 0. The maximum atomic E-state index is 3.88. The van der Waals surface area contributed by atoms with Crippen LogP contribution in [0.25, 0.3) is 0 Å². The van der Waals surface area contributed by atoms with Crippen LogP contribution >= 0.6 is 31.9 Å². The largest absolute Gasteiger partial charge is 0.110 e. The van der Waals surface area contributed by atoms with E-state index in [4.69, 9.17) is 0 Å². The topological polar surface area (TPSA) is 0 Å². The molecule has 46 valence electrons. The Kier molecular flexibility index (Phi) is 1.19. The average Bonchev–Trinajstić information content (AvgIpc) is 1.88. The van der Waals surface area contributed by atoms with Gasteiger partial charge in [0.25, 0.3) is 0 Å². The highest BCUT2D eigenvalue weighted by atomic mass is 79.9. The molecule has 8 heavy (non-hydrogen) atoms. The van der Waals surface area contributed by atoms with Crippen molar-refractivity contribution in [1.82, 2.24) is 0 Å². The highest BCUT2D eigenvalue weighted by Crippen LogP contribution is 2.69. The second kappa shape index (κ2) is 1.40. The molecule has 0 N–H and O–H groups in total. The van der Waals surface area contributed by atoms with E-state index >= 15 is 0 Å². The van der Waals surface area contributed by atoms with E-state index < -0.39 is 0 Å². The molecule has 0 aromatic carbocycles. The van der Waals surface area contributed by atoms with Gasteiger partial charge in [-0.15, -0.1) is 0 Å². The molecule has 0 heterocycles. The predicted octanol–water partition coefficient (Wildman–Crippen LogP) is 3.07. The van der Waals surface area contributed by atoms with Gasteiger partial charge in [-0.3, -0.25) is 0 Å². The molecular weight excluding hydrogens is 232 g/mol. The number of alkyl halides is 2. The van der Waals surface area contributed by atoms with Crippen LogP contribution in [-0.2, 0) is 0 Å². The van der Waals surface area contributed by atoms with Crippen molar-refractivity contribution in [2.45, 2.75) is 17.1 Å². The summed E-state index contributed by atoms with van der Waals surface area (Å²) in [6.45, 7) is 8.18. The molecule has 0 saturated heterocycles. The van der Waals surface area contributed by atoms with E-state index in [2.05, 4.69) is 52.3 Å². The third kappa shape index (κ3) is 0.561. The Hall–Kier alpha value is 0.700. The van der Waals surface area contributed by atoms with Gasteiger partial charge in [0.05, 0.1) is 0 Å². The lowest BCUT2D eigenvalue weighted by atomic mass is 10.2. The van der Waals surface area contributed by atoms with E-state index in [1.807, 2.05) is 0 Å². The van der Waals surface area contributed by atoms with Crippen molar-refractivity contribution in [2.24, 2.45) is 5.41 Å². The third-order valence-electron chi connectivity index (χ3n) is 1.86. The number of halogens is 2. The molecular formula is C6H8Br2. The summed E-state index contributed by atoms with van der Waals surface area (Å²) < 4.78 is 0.0347. The van der Waals surface area contributed by atoms with Gasteiger partial charge in [0.15, 0.2) is 0 Å². The van der Waals surface area contributed by atoms with Crippen LogP contribution < -0.4 is 0 Å². The van der Waals surface area contributed by atoms with E-state index in [-0.39, 0.29) is 8.65 Å². The number of allylic oxidation sites excluding steroid dienone is 1. The van der Waals surface area contributed by atoms with E-state index in [1.165, 1.54) is 5.57 Å². The zero-order valence-electron chi connectivity index (χ0n) is 4.96. The lowest BCUT2D eigenvalue weighted by Crippen LogP contribution is -1.94. The number of rotatable bonds is 0. The summed E-state index contributed by atoms with van der Waals surface area (Å²) in [5, 5.41) is 0. The minimum Gasteiger partial charge on any atom is -0.0969 e. The smallest absolute Gasteiger partial charge is 0.0969 e. The molecule has 0 spiro atoms.